The molecule has 0 unspecified atom stereocenters. The van der Waals surface area contributed by atoms with Crippen LogP contribution in [0.3, 0.4) is 0 Å². The third-order valence-electron chi connectivity index (χ3n) is 3.42. The van der Waals surface area contributed by atoms with Gasteiger partial charge >= 0.3 is 0 Å². The molecule has 1 aromatic carbocycles. The van der Waals surface area contributed by atoms with Crippen molar-refractivity contribution in [2.45, 2.75) is 10.8 Å². The molecule has 0 amide bonds. The summed E-state index contributed by atoms with van der Waals surface area (Å²) in [4.78, 5) is 8.30. The first-order valence-electron chi connectivity index (χ1n) is 6.59. The van der Waals surface area contributed by atoms with Crippen LogP contribution in [-0.2, 0) is 12.8 Å². The molecule has 110 valence electrons. The Morgan fingerprint density at radius 3 is 3.09 bits per heavy atom. The summed E-state index contributed by atoms with van der Waals surface area (Å²) in [7, 11) is 1.93. The number of nitrogens with zero attached hydrogens (tertiary/aromatic N) is 6. The fraction of sp³-hybridized carbons (Fsp3) is 0.154. The van der Waals surface area contributed by atoms with Gasteiger partial charge < -0.3 is 5.73 Å². The molecule has 4 aromatic rings. The van der Waals surface area contributed by atoms with Gasteiger partial charge in [0.05, 0.1) is 11.7 Å². The molecule has 3 heterocycles. The Morgan fingerprint density at radius 2 is 2.18 bits per heavy atom. The van der Waals surface area contributed by atoms with E-state index in [4.69, 9.17) is 5.73 Å². The lowest BCUT2D eigenvalue weighted by Gasteiger charge is -2.04. The number of H-pyrrole nitrogens is 1. The lowest BCUT2D eigenvalue weighted by atomic mass is 10.1. The highest BCUT2D eigenvalue weighted by atomic mass is 32.2. The molecule has 0 aliphatic heterocycles. The van der Waals surface area contributed by atoms with Crippen molar-refractivity contribution in [2.24, 2.45) is 7.05 Å². The maximum atomic E-state index is 5.72. The van der Waals surface area contributed by atoms with Crippen LogP contribution in [0.4, 0.5) is 5.95 Å². The molecule has 0 aliphatic rings. The van der Waals surface area contributed by atoms with Crippen LogP contribution in [-0.4, -0.2) is 35.2 Å². The first kappa shape index (κ1) is 13.0. The largest absolute Gasteiger partial charge is 0.368 e. The Hall–Kier alpha value is -2.68. The smallest absolute Gasteiger partial charge is 0.223 e. The molecule has 0 saturated carbocycles. The van der Waals surface area contributed by atoms with Gasteiger partial charge in [-0.2, -0.15) is 20.4 Å². The van der Waals surface area contributed by atoms with Gasteiger partial charge in [0, 0.05) is 18.2 Å². The summed E-state index contributed by atoms with van der Waals surface area (Å²) in [5.74, 6) is 0.935. The predicted octanol–water partition coefficient (Wildman–Crippen LogP) is 1.51. The number of fused-ring (bicyclic) bond motifs is 2. The van der Waals surface area contributed by atoms with Gasteiger partial charge in [-0.25, -0.2) is 4.98 Å². The summed E-state index contributed by atoms with van der Waals surface area (Å²) in [6.45, 7) is 0. The topological polar surface area (TPSA) is 111 Å². The molecule has 0 atom stereocenters. The van der Waals surface area contributed by atoms with Crippen molar-refractivity contribution >= 4 is 39.8 Å². The molecular formula is C13H12N8S. The number of aromatic amines is 1. The zero-order valence-electron chi connectivity index (χ0n) is 11.7. The Labute approximate surface area is 129 Å². The fourth-order valence-electron chi connectivity index (χ4n) is 2.35. The zero-order valence-corrected chi connectivity index (χ0v) is 12.5. The monoisotopic (exact) mass is 312 g/mol. The number of thioether (sulfide) groups is 1. The molecule has 0 aliphatic carbocycles. The maximum absolute atomic E-state index is 5.72. The van der Waals surface area contributed by atoms with Crippen LogP contribution in [0, 0.1) is 0 Å². The summed E-state index contributed by atoms with van der Waals surface area (Å²) >= 11 is 1.56. The van der Waals surface area contributed by atoms with Gasteiger partial charge in [0.1, 0.15) is 5.03 Å². The molecule has 9 heteroatoms. The number of aryl methyl sites for hydroxylation is 1. The number of hydrogen-bond donors (Lipinski definition) is 2. The van der Waals surface area contributed by atoms with Gasteiger partial charge in [-0.05, 0) is 11.6 Å². The highest BCUT2D eigenvalue weighted by molar-refractivity contribution is 7.98. The van der Waals surface area contributed by atoms with Crippen molar-refractivity contribution in [3.8, 4) is 0 Å². The number of hydrogen-bond acceptors (Lipinski definition) is 7. The van der Waals surface area contributed by atoms with Crippen molar-refractivity contribution in [3.63, 3.8) is 0 Å². The highest BCUT2D eigenvalue weighted by Gasteiger charge is 2.12. The second kappa shape index (κ2) is 4.95. The first-order chi connectivity index (χ1) is 10.7. The minimum Gasteiger partial charge on any atom is -0.368 e. The molecule has 22 heavy (non-hydrogen) atoms. The average Bonchev–Trinajstić information content (AvgIpc) is 3.12. The van der Waals surface area contributed by atoms with Crippen molar-refractivity contribution in [1.82, 2.24) is 35.2 Å². The third-order valence-corrected chi connectivity index (χ3v) is 4.43. The van der Waals surface area contributed by atoms with Crippen LogP contribution >= 0.6 is 11.8 Å². The van der Waals surface area contributed by atoms with Gasteiger partial charge in [-0.3, -0.25) is 4.68 Å². The average molecular weight is 312 g/mol. The molecule has 0 fully saturated rings. The lowest BCUT2D eigenvalue weighted by Crippen LogP contribution is -1.97. The van der Waals surface area contributed by atoms with Crippen LogP contribution in [0.2, 0.25) is 0 Å². The Morgan fingerprint density at radius 1 is 1.27 bits per heavy atom. The highest BCUT2D eigenvalue weighted by Crippen LogP contribution is 2.29. The number of benzene rings is 1. The van der Waals surface area contributed by atoms with E-state index in [9.17, 15) is 0 Å². The second-order valence-electron chi connectivity index (χ2n) is 4.79. The van der Waals surface area contributed by atoms with Gasteiger partial charge in [-0.15, -0.1) is 5.10 Å². The molecule has 0 bridgehead atoms. The SMILES string of the molecule is Cn1ncc2c(CSc3nc(N)nc4n[nH]nc34)cccc21. The quantitative estimate of drug-likeness (QED) is 0.435. The van der Waals surface area contributed by atoms with Crippen LogP contribution < -0.4 is 5.73 Å². The van der Waals surface area contributed by atoms with Gasteiger partial charge in [0.15, 0.2) is 5.52 Å². The molecule has 0 radical (unpaired) electrons. The standard InChI is InChI=1S/C13H12N8S/c1-21-9-4-2-3-7(8(9)5-15-21)6-22-12-10-11(19-20-18-10)16-13(14)17-12/h2-5H,6H2,1H3,(H3,14,16,17,18,19,20). The molecule has 8 nitrogen and oxygen atoms in total. The van der Waals surface area contributed by atoms with Gasteiger partial charge in [-0.1, -0.05) is 23.9 Å². The maximum Gasteiger partial charge on any atom is 0.223 e. The normalized spacial score (nSPS) is 11.5. The summed E-state index contributed by atoms with van der Waals surface area (Å²) < 4.78 is 1.86. The molecule has 3 N–H and O–H groups in total. The summed E-state index contributed by atoms with van der Waals surface area (Å²) in [6.07, 6.45) is 1.88. The van der Waals surface area contributed by atoms with E-state index in [2.05, 4.69) is 42.6 Å². The number of nitrogens with one attached hydrogen (secondary N) is 1. The fourth-order valence-corrected chi connectivity index (χ4v) is 3.32. The van der Waals surface area contributed by atoms with Crippen molar-refractivity contribution < 1.29 is 0 Å². The number of nitrogens with two attached hydrogens (primary N) is 1. The molecule has 4 rings (SSSR count). The number of rotatable bonds is 3. The van der Waals surface area contributed by atoms with Gasteiger partial charge in [0.25, 0.3) is 0 Å². The van der Waals surface area contributed by atoms with Gasteiger partial charge in [0.2, 0.25) is 11.6 Å². The van der Waals surface area contributed by atoms with Crippen LogP contribution in [0.15, 0.2) is 29.4 Å². The number of aromatic nitrogens is 7. The minimum absolute atomic E-state index is 0.198. The van der Waals surface area contributed by atoms with E-state index in [1.54, 1.807) is 11.8 Å². The van der Waals surface area contributed by atoms with E-state index < -0.39 is 0 Å². The third kappa shape index (κ3) is 2.06. The molecule has 0 spiro atoms. The van der Waals surface area contributed by atoms with E-state index in [1.165, 1.54) is 5.56 Å². The molecule has 3 aromatic heterocycles. The summed E-state index contributed by atoms with van der Waals surface area (Å²) in [6, 6.07) is 6.16. The predicted molar refractivity (Wildman–Crippen MR) is 84.2 cm³/mol. The van der Waals surface area contributed by atoms with Crippen molar-refractivity contribution in [2.75, 3.05) is 5.73 Å². The molecular weight excluding hydrogens is 300 g/mol. The van der Waals surface area contributed by atoms with E-state index in [0.717, 1.165) is 21.7 Å². The van der Waals surface area contributed by atoms with E-state index >= 15 is 0 Å². The second-order valence-corrected chi connectivity index (χ2v) is 5.75. The van der Waals surface area contributed by atoms with Crippen LogP contribution in [0.25, 0.3) is 22.1 Å². The number of nitrogen functional groups attached to an aromatic ring is 1. The molecule has 0 saturated heterocycles. The Kier molecular flexibility index (Phi) is 2.93. The summed E-state index contributed by atoms with van der Waals surface area (Å²) in [5, 5.41) is 16.7. The van der Waals surface area contributed by atoms with Crippen LogP contribution in [0.5, 0.6) is 0 Å². The lowest BCUT2D eigenvalue weighted by molar-refractivity contribution is 0.797. The Bertz CT molecular complexity index is 973. The van der Waals surface area contributed by atoms with Crippen molar-refractivity contribution in [1.29, 1.82) is 0 Å². The van der Waals surface area contributed by atoms with Crippen LogP contribution in [0.1, 0.15) is 5.56 Å². The minimum atomic E-state index is 0.198. The Balaban J connectivity index is 1.70. The number of anilines is 1. The van der Waals surface area contributed by atoms with E-state index in [-0.39, 0.29) is 5.95 Å². The first-order valence-corrected chi connectivity index (χ1v) is 7.57. The zero-order chi connectivity index (χ0) is 15.1. The summed E-state index contributed by atoms with van der Waals surface area (Å²) in [5.41, 5.74) is 9.12. The van der Waals surface area contributed by atoms with E-state index in [1.807, 2.05) is 24.0 Å². The van der Waals surface area contributed by atoms with E-state index in [0.29, 0.717) is 11.2 Å². The van der Waals surface area contributed by atoms with Crippen molar-refractivity contribution in [3.05, 3.63) is 30.0 Å².